The van der Waals surface area contributed by atoms with Gasteiger partial charge in [0.1, 0.15) is 22.3 Å². The van der Waals surface area contributed by atoms with E-state index in [1.54, 1.807) is 23.5 Å². The predicted octanol–water partition coefficient (Wildman–Crippen LogP) is 5.48. The van der Waals surface area contributed by atoms with Crippen LogP contribution in [0.2, 0.25) is 0 Å². The molecule has 0 saturated carbocycles. The van der Waals surface area contributed by atoms with Gasteiger partial charge in [0.2, 0.25) is 0 Å². The maximum absolute atomic E-state index is 15.0. The van der Waals surface area contributed by atoms with Crippen molar-refractivity contribution in [2.24, 2.45) is 0 Å². The molecule has 5 nitrogen and oxygen atoms in total. The van der Waals surface area contributed by atoms with Crippen LogP contribution in [0.1, 0.15) is 29.5 Å². The number of rotatable bonds is 6. The summed E-state index contributed by atoms with van der Waals surface area (Å²) in [5.41, 5.74) is 3.09. The number of halogens is 1. The van der Waals surface area contributed by atoms with E-state index in [9.17, 15) is 4.39 Å². The van der Waals surface area contributed by atoms with E-state index < -0.39 is 0 Å². The zero-order valence-corrected chi connectivity index (χ0v) is 18.1. The zero-order valence-electron chi connectivity index (χ0n) is 17.2. The van der Waals surface area contributed by atoms with Crippen molar-refractivity contribution < 1.29 is 9.13 Å². The summed E-state index contributed by atoms with van der Waals surface area (Å²) in [6.07, 6.45) is 6.10. The fraction of sp³-hybridized carbons (Fsp3) is 0.250. The largest absolute Gasteiger partial charge is 0.497 e. The Morgan fingerprint density at radius 3 is 2.81 bits per heavy atom. The Labute approximate surface area is 184 Å². The van der Waals surface area contributed by atoms with Crippen LogP contribution in [-0.2, 0) is 6.54 Å². The van der Waals surface area contributed by atoms with E-state index in [1.807, 2.05) is 52.8 Å². The van der Waals surface area contributed by atoms with Crippen LogP contribution in [0.4, 0.5) is 4.39 Å². The first-order valence-corrected chi connectivity index (χ1v) is 11.2. The van der Waals surface area contributed by atoms with Gasteiger partial charge >= 0.3 is 0 Å². The number of para-hydroxylation sites is 1. The van der Waals surface area contributed by atoms with Crippen LogP contribution in [0.3, 0.4) is 0 Å². The molecule has 3 heterocycles. The molecule has 0 spiro atoms. The molecule has 0 radical (unpaired) electrons. The van der Waals surface area contributed by atoms with Gasteiger partial charge < -0.3 is 4.74 Å². The number of methoxy groups -OCH3 is 1. The second kappa shape index (κ2) is 8.61. The van der Waals surface area contributed by atoms with Gasteiger partial charge in [-0.1, -0.05) is 18.2 Å². The van der Waals surface area contributed by atoms with Crippen molar-refractivity contribution in [3.63, 3.8) is 0 Å². The quantitative estimate of drug-likeness (QED) is 0.403. The smallest absolute Gasteiger partial charge is 0.136 e. The Morgan fingerprint density at radius 1 is 1.19 bits per heavy atom. The minimum atomic E-state index is -0.336. The topological polar surface area (TPSA) is 43.2 Å². The average Bonchev–Trinajstić information content (AvgIpc) is 3.56. The van der Waals surface area contributed by atoms with Crippen LogP contribution in [0.15, 0.2) is 66.3 Å². The van der Waals surface area contributed by atoms with Crippen molar-refractivity contribution in [1.82, 2.24) is 19.7 Å². The molecular formula is C24H23FN4OS. The zero-order chi connectivity index (χ0) is 21.2. The average molecular weight is 435 g/mol. The molecule has 2 aromatic carbocycles. The Kier molecular flexibility index (Phi) is 5.53. The summed E-state index contributed by atoms with van der Waals surface area (Å²) in [6.45, 7) is 1.68. The first-order chi connectivity index (χ1) is 15.2. The molecule has 0 aliphatic carbocycles. The van der Waals surface area contributed by atoms with Crippen molar-refractivity contribution >= 4 is 11.3 Å². The fourth-order valence-corrected chi connectivity index (χ4v) is 5.00. The van der Waals surface area contributed by atoms with E-state index >= 15 is 0 Å². The predicted molar refractivity (Wildman–Crippen MR) is 120 cm³/mol. The highest BCUT2D eigenvalue weighted by Gasteiger charge is 2.29. The molecule has 1 saturated heterocycles. The maximum Gasteiger partial charge on any atom is 0.136 e. The molecule has 158 valence electrons. The van der Waals surface area contributed by atoms with Crippen LogP contribution >= 0.6 is 11.3 Å². The lowest BCUT2D eigenvalue weighted by Crippen LogP contribution is -2.22. The van der Waals surface area contributed by atoms with E-state index in [4.69, 9.17) is 9.84 Å². The van der Waals surface area contributed by atoms with Gasteiger partial charge in [-0.15, -0.1) is 11.3 Å². The molecule has 1 aliphatic heterocycles. The number of thiazole rings is 1. The summed E-state index contributed by atoms with van der Waals surface area (Å²) < 4.78 is 22.0. The van der Waals surface area contributed by atoms with Crippen LogP contribution in [0.5, 0.6) is 5.75 Å². The first kappa shape index (κ1) is 19.9. The molecule has 4 aromatic rings. The summed E-state index contributed by atoms with van der Waals surface area (Å²) >= 11 is 1.70. The van der Waals surface area contributed by atoms with Crippen molar-refractivity contribution in [3.05, 3.63) is 82.7 Å². The molecule has 1 aliphatic rings. The minimum Gasteiger partial charge on any atom is -0.497 e. The molecule has 31 heavy (non-hydrogen) atoms. The molecule has 0 N–H and O–H groups in total. The Balaban J connectivity index is 1.54. The Morgan fingerprint density at radius 2 is 2.06 bits per heavy atom. The highest BCUT2D eigenvalue weighted by Crippen LogP contribution is 2.36. The number of benzene rings is 2. The third-order valence-electron chi connectivity index (χ3n) is 5.72. The molecule has 5 rings (SSSR count). The van der Waals surface area contributed by atoms with Gasteiger partial charge in [-0.25, -0.2) is 14.1 Å². The Hall–Kier alpha value is -3.03. The van der Waals surface area contributed by atoms with Crippen molar-refractivity contribution in [2.75, 3.05) is 13.7 Å². The maximum atomic E-state index is 15.0. The molecular weight excluding hydrogens is 411 g/mol. The van der Waals surface area contributed by atoms with Crippen molar-refractivity contribution in [1.29, 1.82) is 0 Å². The Bertz CT molecular complexity index is 1160. The van der Waals surface area contributed by atoms with Crippen LogP contribution in [0, 0.1) is 5.82 Å². The van der Waals surface area contributed by atoms with Crippen molar-refractivity contribution in [3.8, 4) is 22.7 Å². The van der Waals surface area contributed by atoms with Gasteiger partial charge in [-0.05, 0) is 43.7 Å². The monoisotopic (exact) mass is 434 g/mol. The lowest BCUT2D eigenvalue weighted by Gasteiger charge is -2.22. The van der Waals surface area contributed by atoms with Gasteiger partial charge in [0.05, 0.1) is 18.8 Å². The second-order valence-electron chi connectivity index (χ2n) is 7.63. The summed E-state index contributed by atoms with van der Waals surface area (Å²) in [6, 6.07) is 15.2. The van der Waals surface area contributed by atoms with E-state index in [-0.39, 0.29) is 5.82 Å². The van der Waals surface area contributed by atoms with Crippen molar-refractivity contribution in [2.45, 2.75) is 25.4 Å². The minimum absolute atomic E-state index is 0.300. The van der Waals surface area contributed by atoms with E-state index in [0.29, 0.717) is 29.6 Å². The lowest BCUT2D eigenvalue weighted by molar-refractivity contribution is 0.248. The molecule has 0 bridgehead atoms. The SMILES string of the molecule is COc1ccc(-c2nn(-c3ccccc3)cc2CN2CCCC2c2nccs2)c(F)c1. The third kappa shape index (κ3) is 3.98. The summed E-state index contributed by atoms with van der Waals surface area (Å²) in [4.78, 5) is 6.97. The number of nitrogens with zero attached hydrogens (tertiary/aromatic N) is 4. The lowest BCUT2D eigenvalue weighted by atomic mass is 10.1. The van der Waals surface area contributed by atoms with E-state index in [0.717, 1.165) is 35.6 Å². The van der Waals surface area contributed by atoms with E-state index in [1.165, 1.54) is 13.2 Å². The van der Waals surface area contributed by atoms with Crippen LogP contribution in [-0.4, -0.2) is 33.3 Å². The van der Waals surface area contributed by atoms with E-state index in [2.05, 4.69) is 9.88 Å². The number of hydrogen-bond acceptors (Lipinski definition) is 5. The van der Waals surface area contributed by atoms with Gasteiger partial charge in [0, 0.05) is 41.5 Å². The van der Waals surface area contributed by atoms with Crippen LogP contribution < -0.4 is 4.74 Å². The summed E-state index contributed by atoms with van der Waals surface area (Å²) in [5, 5.41) is 7.96. The molecule has 1 atom stereocenters. The summed E-state index contributed by atoms with van der Waals surface area (Å²) in [5.74, 6) is 0.158. The normalized spacial score (nSPS) is 16.6. The van der Waals surface area contributed by atoms with Gasteiger partial charge in [0.25, 0.3) is 0 Å². The van der Waals surface area contributed by atoms with Gasteiger partial charge in [0.15, 0.2) is 0 Å². The second-order valence-corrected chi connectivity index (χ2v) is 8.55. The number of hydrogen-bond donors (Lipinski definition) is 0. The fourth-order valence-electron chi connectivity index (χ4n) is 4.19. The van der Waals surface area contributed by atoms with Gasteiger partial charge in [-0.3, -0.25) is 4.90 Å². The number of aromatic nitrogens is 3. The number of ether oxygens (including phenoxy) is 1. The highest BCUT2D eigenvalue weighted by atomic mass is 32.1. The molecule has 1 unspecified atom stereocenters. The molecule has 2 aromatic heterocycles. The first-order valence-electron chi connectivity index (χ1n) is 10.3. The molecule has 0 amide bonds. The molecule has 1 fully saturated rings. The third-order valence-corrected chi connectivity index (χ3v) is 6.59. The number of likely N-dealkylation sites (tertiary alicyclic amines) is 1. The summed E-state index contributed by atoms with van der Waals surface area (Å²) in [7, 11) is 1.54. The van der Waals surface area contributed by atoms with Crippen LogP contribution in [0.25, 0.3) is 16.9 Å². The standard InChI is InChI=1S/C24H23FN4OS/c1-30-19-9-10-20(21(25)14-19)23-17(16-29(27-23)18-6-3-2-4-7-18)15-28-12-5-8-22(28)24-26-11-13-31-24/h2-4,6-7,9-11,13-14,16,22H,5,8,12,15H2,1H3. The molecule has 7 heteroatoms. The highest BCUT2D eigenvalue weighted by molar-refractivity contribution is 7.09. The van der Waals surface area contributed by atoms with Gasteiger partial charge in [-0.2, -0.15) is 5.10 Å².